The van der Waals surface area contributed by atoms with E-state index in [0.29, 0.717) is 16.7 Å². The highest BCUT2D eigenvalue weighted by Gasteiger charge is 2.18. The Hall–Kier alpha value is -3.08. The highest BCUT2D eigenvalue weighted by molar-refractivity contribution is 6.06. The maximum absolute atomic E-state index is 12.5. The summed E-state index contributed by atoms with van der Waals surface area (Å²) in [4.78, 5) is 23.9. The molecule has 0 aliphatic carbocycles. The quantitative estimate of drug-likeness (QED) is 0.795. The minimum atomic E-state index is -1.06. The van der Waals surface area contributed by atoms with E-state index < -0.39 is 5.97 Å². The second-order valence-electron chi connectivity index (χ2n) is 5.62. The van der Waals surface area contributed by atoms with Gasteiger partial charge in [-0.2, -0.15) is 0 Å². The summed E-state index contributed by atoms with van der Waals surface area (Å²) >= 11 is 0. The molecule has 0 saturated heterocycles. The van der Waals surface area contributed by atoms with Crippen LogP contribution in [0.4, 0.5) is 0 Å². The van der Waals surface area contributed by atoms with Crippen LogP contribution in [0.3, 0.4) is 0 Å². The molecule has 122 valence electrons. The summed E-state index contributed by atoms with van der Waals surface area (Å²) in [6.45, 7) is 3.74. The Labute approximate surface area is 139 Å². The van der Waals surface area contributed by atoms with Crippen molar-refractivity contribution in [3.8, 4) is 5.75 Å². The lowest BCUT2D eigenvalue weighted by molar-refractivity contribution is 0.0699. The predicted molar refractivity (Wildman–Crippen MR) is 90.9 cm³/mol. The van der Waals surface area contributed by atoms with Gasteiger partial charge in [0.15, 0.2) is 6.61 Å². The summed E-state index contributed by atoms with van der Waals surface area (Å²) in [6.07, 6.45) is 1.35. The van der Waals surface area contributed by atoms with Gasteiger partial charge in [-0.15, -0.1) is 0 Å². The van der Waals surface area contributed by atoms with Gasteiger partial charge in [-0.3, -0.25) is 9.36 Å². The first-order chi connectivity index (χ1) is 11.5. The van der Waals surface area contributed by atoms with E-state index in [2.05, 4.69) is 0 Å². The van der Waals surface area contributed by atoms with E-state index in [4.69, 9.17) is 4.74 Å². The number of rotatable bonds is 4. The topological polar surface area (TPSA) is 68.5 Å². The lowest BCUT2D eigenvalue weighted by Crippen LogP contribution is -2.19. The Balaban J connectivity index is 1.89. The van der Waals surface area contributed by atoms with Crippen molar-refractivity contribution >= 4 is 22.8 Å². The van der Waals surface area contributed by atoms with E-state index in [1.807, 2.05) is 32.0 Å². The van der Waals surface area contributed by atoms with Gasteiger partial charge < -0.3 is 9.84 Å². The first-order valence-corrected chi connectivity index (χ1v) is 7.54. The average molecular weight is 323 g/mol. The van der Waals surface area contributed by atoms with Crippen LogP contribution < -0.4 is 4.74 Å². The molecule has 1 aromatic heterocycles. The van der Waals surface area contributed by atoms with Crippen molar-refractivity contribution in [2.24, 2.45) is 0 Å². The van der Waals surface area contributed by atoms with E-state index in [0.717, 1.165) is 11.1 Å². The maximum atomic E-state index is 12.5. The molecule has 0 bridgehead atoms. The molecule has 0 saturated carbocycles. The summed E-state index contributed by atoms with van der Waals surface area (Å²) in [5.41, 5.74) is 2.73. The molecule has 0 amide bonds. The average Bonchev–Trinajstić information content (AvgIpc) is 2.96. The van der Waals surface area contributed by atoms with Crippen LogP contribution in [-0.2, 0) is 0 Å². The third-order valence-electron chi connectivity index (χ3n) is 4.12. The van der Waals surface area contributed by atoms with Gasteiger partial charge in [0.25, 0.3) is 5.91 Å². The largest absolute Gasteiger partial charge is 0.483 e. The summed E-state index contributed by atoms with van der Waals surface area (Å²) in [5.74, 6) is -0.730. The molecule has 3 rings (SSSR count). The fraction of sp³-hybridized carbons (Fsp3) is 0.158. The Morgan fingerprint density at radius 2 is 1.83 bits per heavy atom. The number of carboxylic acid groups (broad SMARTS) is 1. The number of benzene rings is 2. The molecule has 1 heterocycles. The number of hydrogen-bond donors (Lipinski definition) is 1. The third-order valence-corrected chi connectivity index (χ3v) is 4.12. The van der Waals surface area contributed by atoms with E-state index in [1.54, 1.807) is 24.3 Å². The highest BCUT2D eigenvalue weighted by atomic mass is 16.5. The lowest BCUT2D eigenvalue weighted by atomic mass is 10.1. The molecule has 0 fully saturated rings. The van der Waals surface area contributed by atoms with Crippen LogP contribution >= 0.6 is 0 Å². The molecule has 0 unspecified atom stereocenters. The van der Waals surface area contributed by atoms with Gasteiger partial charge in [-0.05, 0) is 37.1 Å². The van der Waals surface area contributed by atoms with Gasteiger partial charge in [-0.1, -0.05) is 30.3 Å². The van der Waals surface area contributed by atoms with Gasteiger partial charge in [0, 0.05) is 11.6 Å². The number of carbonyl (C=O) groups excluding carboxylic acids is 1. The highest BCUT2D eigenvalue weighted by Crippen LogP contribution is 2.23. The number of hydrogen-bond acceptors (Lipinski definition) is 3. The molecule has 0 spiro atoms. The van der Waals surface area contributed by atoms with Crippen LogP contribution in [0, 0.1) is 13.8 Å². The van der Waals surface area contributed by atoms with Gasteiger partial charge in [0.05, 0.1) is 11.1 Å². The monoisotopic (exact) mass is 323 g/mol. The van der Waals surface area contributed by atoms with Crippen molar-refractivity contribution in [1.29, 1.82) is 0 Å². The second-order valence-corrected chi connectivity index (χ2v) is 5.62. The third kappa shape index (κ3) is 2.76. The van der Waals surface area contributed by atoms with Crippen molar-refractivity contribution in [2.45, 2.75) is 13.8 Å². The summed E-state index contributed by atoms with van der Waals surface area (Å²) < 4.78 is 6.97. The number of aromatic carboxylic acids is 1. The Bertz CT molecular complexity index is 940. The van der Waals surface area contributed by atoms with Crippen molar-refractivity contribution < 1.29 is 19.4 Å². The SMILES string of the molecule is Cc1cccc(OCC(=O)n2cc(C(=O)O)c3ccccc32)c1C. The second kappa shape index (κ2) is 6.20. The molecule has 0 radical (unpaired) electrons. The minimum Gasteiger partial charge on any atom is -0.483 e. The number of ether oxygens (including phenoxy) is 1. The number of carboxylic acids is 1. The van der Waals surface area contributed by atoms with Gasteiger partial charge in [0.1, 0.15) is 5.75 Å². The number of fused-ring (bicyclic) bond motifs is 1. The molecule has 5 heteroatoms. The molecule has 3 aromatic rings. The number of nitrogens with zero attached hydrogens (tertiary/aromatic N) is 1. The number of para-hydroxylation sites is 1. The zero-order valence-electron chi connectivity index (χ0n) is 13.4. The molecule has 5 nitrogen and oxygen atoms in total. The van der Waals surface area contributed by atoms with Crippen molar-refractivity contribution in [3.05, 3.63) is 65.4 Å². The molecule has 2 aromatic carbocycles. The van der Waals surface area contributed by atoms with Gasteiger partial charge in [-0.25, -0.2) is 4.79 Å². The standard InChI is InChI=1S/C19H17NO4/c1-12-6-5-9-17(13(12)2)24-11-18(21)20-10-15(19(22)23)14-7-3-4-8-16(14)20/h3-10H,11H2,1-2H3,(H,22,23). The zero-order chi connectivity index (χ0) is 17.3. The van der Waals surface area contributed by atoms with Crippen molar-refractivity contribution in [2.75, 3.05) is 6.61 Å². The zero-order valence-corrected chi connectivity index (χ0v) is 13.4. The minimum absolute atomic E-state index is 0.102. The van der Waals surface area contributed by atoms with Crippen LogP contribution in [0.1, 0.15) is 26.3 Å². The van der Waals surface area contributed by atoms with Gasteiger partial charge in [0.2, 0.25) is 0 Å². The molecule has 1 N–H and O–H groups in total. The van der Waals surface area contributed by atoms with E-state index in [-0.39, 0.29) is 18.1 Å². The van der Waals surface area contributed by atoms with Crippen LogP contribution in [-0.4, -0.2) is 28.2 Å². The Kier molecular flexibility index (Phi) is 4.08. The Morgan fingerprint density at radius 3 is 2.58 bits per heavy atom. The summed E-state index contributed by atoms with van der Waals surface area (Å²) in [5, 5.41) is 9.83. The van der Waals surface area contributed by atoms with E-state index in [1.165, 1.54) is 10.8 Å². The molecular weight excluding hydrogens is 306 g/mol. The smallest absolute Gasteiger partial charge is 0.337 e. The van der Waals surface area contributed by atoms with Crippen LogP contribution in [0.5, 0.6) is 5.75 Å². The van der Waals surface area contributed by atoms with Crippen molar-refractivity contribution in [1.82, 2.24) is 4.57 Å². The number of carbonyl (C=O) groups is 2. The molecule has 0 atom stereocenters. The summed E-state index contributed by atoms with van der Waals surface area (Å²) in [6, 6.07) is 12.6. The van der Waals surface area contributed by atoms with Crippen LogP contribution in [0.15, 0.2) is 48.7 Å². The van der Waals surface area contributed by atoms with Gasteiger partial charge >= 0.3 is 5.97 Å². The summed E-state index contributed by atoms with van der Waals surface area (Å²) in [7, 11) is 0. The maximum Gasteiger partial charge on any atom is 0.337 e. The molecule has 24 heavy (non-hydrogen) atoms. The Morgan fingerprint density at radius 1 is 1.08 bits per heavy atom. The first-order valence-electron chi connectivity index (χ1n) is 7.54. The first kappa shape index (κ1) is 15.8. The van der Waals surface area contributed by atoms with Crippen LogP contribution in [0.25, 0.3) is 10.9 Å². The number of aryl methyl sites for hydroxylation is 1. The fourth-order valence-corrected chi connectivity index (χ4v) is 2.65. The number of aromatic nitrogens is 1. The van der Waals surface area contributed by atoms with Crippen LogP contribution in [0.2, 0.25) is 0 Å². The van der Waals surface area contributed by atoms with E-state index >= 15 is 0 Å². The fourth-order valence-electron chi connectivity index (χ4n) is 2.65. The normalized spacial score (nSPS) is 10.8. The molecular formula is C19H17NO4. The lowest BCUT2D eigenvalue weighted by Gasteiger charge is -2.11. The predicted octanol–water partition coefficient (Wildman–Crippen LogP) is 3.68. The molecule has 0 aliphatic heterocycles. The molecule has 0 aliphatic rings. The van der Waals surface area contributed by atoms with E-state index in [9.17, 15) is 14.7 Å². The van der Waals surface area contributed by atoms with Crippen molar-refractivity contribution in [3.63, 3.8) is 0 Å².